The van der Waals surface area contributed by atoms with Crippen LogP contribution in [0.5, 0.6) is 0 Å². The second kappa shape index (κ2) is 4.31. The zero-order valence-electron chi connectivity index (χ0n) is 10.1. The van der Waals surface area contributed by atoms with Gasteiger partial charge in [0, 0.05) is 7.05 Å². The van der Waals surface area contributed by atoms with Crippen LogP contribution in [0, 0.1) is 0 Å². The van der Waals surface area contributed by atoms with Gasteiger partial charge in [0.2, 0.25) is 0 Å². The van der Waals surface area contributed by atoms with Crippen LogP contribution in [0.3, 0.4) is 0 Å². The van der Waals surface area contributed by atoms with Crippen LogP contribution in [0.1, 0.15) is 34.3 Å². The number of fused-ring (bicyclic) bond motifs is 1. The van der Waals surface area contributed by atoms with Gasteiger partial charge in [0.1, 0.15) is 5.82 Å². The van der Waals surface area contributed by atoms with Gasteiger partial charge in [0.15, 0.2) is 0 Å². The summed E-state index contributed by atoms with van der Waals surface area (Å²) in [6.07, 6.45) is 2.40. The Kier molecular flexibility index (Phi) is 2.78. The van der Waals surface area contributed by atoms with E-state index in [0.29, 0.717) is 10.8 Å². The standard InChI is InChI=1S/C13H14N2O2S/c1-15-10-5-4-8(13(16)17)7-9(10)14-12(15)11-3-2-6-18-11/h4-5,7,11H,2-3,6H2,1H3,(H,16,17). The lowest BCUT2D eigenvalue weighted by Gasteiger charge is -2.07. The van der Waals surface area contributed by atoms with Gasteiger partial charge in [-0.15, -0.1) is 0 Å². The van der Waals surface area contributed by atoms with Gasteiger partial charge in [-0.05, 0) is 36.8 Å². The van der Waals surface area contributed by atoms with E-state index in [2.05, 4.69) is 9.55 Å². The van der Waals surface area contributed by atoms with Gasteiger partial charge >= 0.3 is 5.97 Å². The van der Waals surface area contributed by atoms with Gasteiger partial charge in [-0.2, -0.15) is 11.8 Å². The van der Waals surface area contributed by atoms with Crippen LogP contribution in [0.25, 0.3) is 11.0 Å². The van der Waals surface area contributed by atoms with Crippen molar-refractivity contribution in [2.24, 2.45) is 7.05 Å². The van der Waals surface area contributed by atoms with Crippen molar-refractivity contribution in [2.45, 2.75) is 18.1 Å². The normalized spacial score (nSPS) is 19.5. The summed E-state index contributed by atoms with van der Waals surface area (Å²) in [5.41, 5.74) is 2.08. The Bertz CT molecular complexity index is 615. The number of nitrogens with zero attached hydrogens (tertiary/aromatic N) is 2. The molecular weight excluding hydrogens is 248 g/mol. The van der Waals surface area contributed by atoms with Gasteiger partial charge in [-0.25, -0.2) is 9.78 Å². The first-order valence-electron chi connectivity index (χ1n) is 5.98. The molecule has 0 amide bonds. The zero-order chi connectivity index (χ0) is 12.7. The molecule has 18 heavy (non-hydrogen) atoms. The molecule has 1 N–H and O–H groups in total. The number of carboxylic acid groups (broad SMARTS) is 1. The third-order valence-electron chi connectivity index (χ3n) is 3.38. The summed E-state index contributed by atoms with van der Waals surface area (Å²) in [4.78, 5) is 15.6. The summed E-state index contributed by atoms with van der Waals surface area (Å²) >= 11 is 1.94. The van der Waals surface area contributed by atoms with E-state index in [9.17, 15) is 4.79 Å². The lowest BCUT2D eigenvalue weighted by Crippen LogP contribution is -2.00. The first-order valence-corrected chi connectivity index (χ1v) is 7.03. The second-order valence-electron chi connectivity index (χ2n) is 4.54. The van der Waals surface area contributed by atoms with Gasteiger partial charge in [0.25, 0.3) is 0 Å². The molecule has 94 valence electrons. The van der Waals surface area contributed by atoms with Gasteiger partial charge in [0.05, 0.1) is 21.8 Å². The SMILES string of the molecule is Cn1c(C2CCCS2)nc2cc(C(=O)O)ccc21. The smallest absolute Gasteiger partial charge is 0.335 e. The fourth-order valence-electron chi connectivity index (χ4n) is 2.42. The molecule has 5 heteroatoms. The minimum atomic E-state index is -0.903. The van der Waals surface area contributed by atoms with Crippen LogP contribution < -0.4 is 0 Å². The summed E-state index contributed by atoms with van der Waals surface area (Å²) in [5.74, 6) is 1.35. The highest BCUT2D eigenvalue weighted by Crippen LogP contribution is 2.40. The van der Waals surface area contributed by atoms with Crippen molar-refractivity contribution in [3.05, 3.63) is 29.6 Å². The summed E-state index contributed by atoms with van der Waals surface area (Å²) < 4.78 is 2.09. The fraction of sp³-hybridized carbons (Fsp3) is 0.385. The number of aromatic nitrogens is 2. The fourth-order valence-corrected chi connectivity index (χ4v) is 3.73. The molecule has 1 atom stereocenters. The molecule has 3 rings (SSSR count). The Balaban J connectivity index is 2.11. The number of hydrogen-bond donors (Lipinski definition) is 1. The van der Waals surface area contributed by atoms with Crippen LogP contribution in [0.15, 0.2) is 18.2 Å². The molecule has 1 unspecified atom stereocenters. The molecular formula is C13H14N2O2S. The largest absolute Gasteiger partial charge is 0.478 e. The van der Waals surface area contributed by atoms with Crippen LogP contribution in [-0.2, 0) is 7.05 Å². The van der Waals surface area contributed by atoms with E-state index in [1.54, 1.807) is 12.1 Å². The average Bonchev–Trinajstić information content (AvgIpc) is 2.97. The quantitative estimate of drug-likeness (QED) is 0.904. The maximum atomic E-state index is 11.0. The number of hydrogen-bond acceptors (Lipinski definition) is 3. The molecule has 1 fully saturated rings. The van der Waals surface area contributed by atoms with E-state index < -0.39 is 5.97 Å². The summed E-state index contributed by atoms with van der Waals surface area (Å²) in [7, 11) is 2.00. The van der Waals surface area contributed by atoms with Crippen molar-refractivity contribution in [2.75, 3.05) is 5.75 Å². The van der Waals surface area contributed by atoms with Gasteiger partial charge in [-0.3, -0.25) is 0 Å². The maximum absolute atomic E-state index is 11.0. The lowest BCUT2D eigenvalue weighted by atomic mass is 10.2. The molecule has 0 aliphatic carbocycles. The first kappa shape index (κ1) is 11.6. The topological polar surface area (TPSA) is 55.1 Å². The monoisotopic (exact) mass is 262 g/mol. The third-order valence-corrected chi connectivity index (χ3v) is 4.75. The highest BCUT2D eigenvalue weighted by molar-refractivity contribution is 7.99. The lowest BCUT2D eigenvalue weighted by molar-refractivity contribution is 0.0697. The molecule has 0 saturated carbocycles. The van der Waals surface area contributed by atoms with Crippen molar-refractivity contribution >= 4 is 28.8 Å². The molecule has 2 heterocycles. The van der Waals surface area contributed by atoms with E-state index in [1.165, 1.54) is 12.2 Å². The number of carboxylic acids is 1. The highest BCUT2D eigenvalue weighted by Gasteiger charge is 2.23. The van der Waals surface area contributed by atoms with Crippen molar-refractivity contribution in [3.8, 4) is 0 Å². The Labute approximate surface area is 109 Å². The third kappa shape index (κ3) is 1.79. The maximum Gasteiger partial charge on any atom is 0.335 e. The number of aromatic carboxylic acids is 1. The van der Waals surface area contributed by atoms with Crippen molar-refractivity contribution < 1.29 is 9.90 Å². The predicted octanol–water partition coefficient (Wildman–Crippen LogP) is 2.84. The molecule has 0 bridgehead atoms. The Hall–Kier alpha value is -1.49. The molecule has 0 radical (unpaired) electrons. The molecule has 1 aromatic carbocycles. The van der Waals surface area contributed by atoms with E-state index in [0.717, 1.165) is 23.3 Å². The minimum absolute atomic E-state index is 0.297. The van der Waals surface area contributed by atoms with Crippen molar-refractivity contribution in [1.29, 1.82) is 0 Å². The minimum Gasteiger partial charge on any atom is -0.478 e. The Morgan fingerprint density at radius 3 is 3.06 bits per heavy atom. The van der Waals surface area contributed by atoms with Crippen LogP contribution in [0.4, 0.5) is 0 Å². The number of thioether (sulfide) groups is 1. The predicted molar refractivity (Wildman–Crippen MR) is 72.1 cm³/mol. The molecule has 4 nitrogen and oxygen atoms in total. The van der Waals surface area contributed by atoms with Gasteiger partial charge < -0.3 is 9.67 Å². The molecule has 2 aromatic rings. The average molecular weight is 262 g/mol. The van der Waals surface area contributed by atoms with Crippen molar-refractivity contribution in [1.82, 2.24) is 9.55 Å². The van der Waals surface area contributed by atoms with Crippen LogP contribution in [-0.4, -0.2) is 26.4 Å². The van der Waals surface area contributed by atoms with E-state index in [1.807, 2.05) is 24.9 Å². The zero-order valence-corrected chi connectivity index (χ0v) is 10.9. The first-order chi connectivity index (χ1) is 8.66. The summed E-state index contributed by atoms with van der Waals surface area (Å²) in [5, 5.41) is 9.45. The second-order valence-corrected chi connectivity index (χ2v) is 5.85. The number of imidazole rings is 1. The molecule has 1 aliphatic heterocycles. The molecule has 1 aromatic heterocycles. The Morgan fingerprint density at radius 2 is 2.39 bits per heavy atom. The number of rotatable bonds is 2. The van der Waals surface area contributed by atoms with Crippen LogP contribution >= 0.6 is 11.8 Å². The summed E-state index contributed by atoms with van der Waals surface area (Å²) in [6.45, 7) is 0. The highest BCUT2D eigenvalue weighted by atomic mass is 32.2. The Morgan fingerprint density at radius 1 is 1.56 bits per heavy atom. The number of carbonyl (C=O) groups is 1. The number of benzene rings is 1. The van der Waals surface area contributed by atoms with E-state index >= 15 is 0 Å². The van der Waals surface area contributed by atoms with E-state index in [4.69, 9.17) is 5.11 Å². The molecule has 1 aliphatic rings. The van der Waals surface area contributed by atoms with Gasteiger partial charge in [-0.1, -0.05) is 0 Å². The molecule has 0 spiro atoms. The van der Waals surface area contributed by atoms with E-state index in [-0.39, 0.29) is 0 Å². The molecule has 1 saturated heterocycles. The number of aryl methyl sites for hydroxylation is 1. The van der Waals surface area contributed by atoms with Crippen LogP contribution in [0.2, 0.25) is 0 Å². The summed E-state index contributed by atoms with van der Waals surface area (Å²) in [6, 6.07) is 5.13. The van der Waals surface area contributed by atoms with Crippen molar-refractivity contribution in [3.63, 3.8) is 0 Å².